The summed E-state index contributed by atoms with van der Waals surface area (Å²) in [6.07, 6.45) is 60.4. The zero-order valence-electron chi connectivity index (χ0n) is 41.3. The molecule has 0 bridgehead atoms. The number of hydrogen-bond donors (Lipinski definition) is 3. The molecule has 3 atom stereocenters. The second-order valence-electron chi connectivity index (χ2n) is 18.4. The molecular formula is C56H103NO5. The molecule has 0 heterocycles. The Labute approximate surface area is 385 Å². The van der Waals surface area contributed by atoms with E-state index in [1.54, 1.807) is 0 Å². The van der Waals surface area contributed by atoms with Crippen molar-refractivity contribution in [3.63, 3.8) is 0 Å². The molecule has 0 aliphatic rings. The second-order valence-corrected chi connectivity index (χ2v) is 18.4. The largest absolute Gasteiger partial charge is 0.462 e. The molecule has 0 radical (unpaired) electrons. The number of ether oxygens (including phenoxy) is 1. The summed E-state index contributed by atoms with van der Waals surface area (Å²) < 4.78 is 5.93. The van der Waals surface area contributed by atoms with Crippen LogP contribution in [0, 0.1) is 0 Å². The molecule has 362 valence electrons. The van der Waals surface area contributed by atoms with Gasteiger partial charge < -0.3 is 20.3 Å². The van der Waals surface area contributed by atoms with E-state index < -0.39 is 18.2 Å². The molecular weight excluding hydrogens is 767 g/mol. The number of esters is 1. The fourth-order valence-corrected chi connectivity index (χ4v) is 8.21. The second kappa shape index (κ2) is 49.8. The molecule has 0 aliphatic heterocycles. The molecule has 0 aromatic heterocycles. The molecule has 3 N–H and O–H groups in total. The minimum atomic E-state index is -0.797. The molecule has 0 rings (SSSR count). The highest BCUT2D eigenvalue weighted by Crippen LogP contribution is 2.18. The highest BCUT2D eigenvalue weighted by molar-refractivity contribution is 5.77. The van der Waals surface area contributed by atoms with E-state index in [9.17, 15) is 19.8 Å². The Morgan fingerprint density at radius 2 is 0.871 bits per heavy atom. The summed E-state index contributed by atoms with van der Waals surface area (Å²) in [5.74, 6) is -0.503. The zero-order chi connectivity index (χ0) is 45.2. The monoisotopic (exact) mass is 870 g/mol. The molecule has 0 fully saturated rings. The number of rotatable bonds is 48. The molecule has 0 aromatic carbocycles. The third-order valence-corrected chi connectivity index (χ3v) is 12.3. The fourth-order valence-electron chi connectivity index (χ4n) is 8.21. The van der Waals surface area contributed by atoms with Gasteiger partial charge >= 0.3 is 5.97 Å². The van der Waals surface area contributed by atoms with Gasteiger partial charge in [-0.2, -0.15) is 0 Å². The van der Waals surface area contributed by atoms with Crippen molar-refractivity contribution in [1.29, 1.82) is 0 Å². The van der Waals surface area contributed by atoms with Crippen LogP contribution >= 0.6 is 0 Å². The van der Waals surface area contributed by atoms with Crippen LogP contribution in [-0.2, 0) is 14.3 Å². The molecule has 3 unspecified atom stereocenters. The van der Waals surface area contributed by atoms with Crippen LogP contribution in [0.5, 0.6) is 0 Å². The lowest BCUT2D eigenvalue weighted by Crippen LogP contribution is -2.46. The average molecular weight is 870 g/mol. The Balaban J connectivity index is 4.53. The maximum atomic E-state index is 13.2. The van der Waals surface area contributed by atoms with Crippen LogP contribution in [0.25, 0.3) is 0 Å². The Bertz CT molecular complexity index is 1070. The van der Waals surface area contributed by atoms with E-state index in [1.807, 2.05) is 24.3 Å². The first-order chi connectivity index (χ1) is 30.5. The minimum absolute atomic E-state index is 0.0538. The molecule has 6 heteroatoms. The van der Waals surface area contributed by atoms with Gasteiger partial charge in [0.25, 0.3) is 0 Å². The van der Waals surface area contributed by atoms with Crippen molar-refractivity contribution in [2.45, 2.75) is 289 Å². The van der Waals surface area contributed by atoms with E-state index in [0.29, 0.717) is 19.3 Å². The van der Waals surface area contributed by atoms with Crippen LogP contribution in [-0.4, -0.2) is 46.9 Å². The molecule has 0 aliphatic carbocycles. The number of unbranched alkanes of at least 4 members (excludes halogenated alkanes) is 31. The van der Waals surface area contributed by atoms with Crippen molar-refractivity contribution >= 4 is 11.9 Å². The lowest BCUT2D eigenvalue weighted by atomic mass is 10.0. The van der Waals surface area contributed by atoms with Gasteiger partial charge in [0.15, 0.2) is 0 Å². The number of amides is 1. The number of allylic oxidation sites excluding steroid dienone is 8. The third-order valence-electron chi connectivity index (χ3n) is 12.3. The van der Waals surface area contributed by atoms with Crippen LogP contribution in [0.4, 0.5) is 0 Å². The maximum Gasteiger partial charge on any atom is 0.306 e. The summed E-state index contributed by atoms with van der Waals surface area (Å²) in [5.41, 5.74) is 0. The van der Waals surface area contributed by atoms with Crippen molar-refractivity contribution < 1.29 is 24.5 Å². The van der Waals surface area contributed by atoms with Gasteiger partial charge in [0.1, 0.15) is 6.10 Å². The topological polar surface area (TPSA) is 95.9 Å². The Morgan fingerprint density at radius 1 is 0.484 bits per heavy atom. The molecule has 0 aromatic rings. The van der Waals surface area contributed by atoms with Crippen LogP contribution in [0.1, 0.15) is 271 Å². The summed E-state index contributed by atoms with van der Waals surface area (Å²) >= 11 is 0. The van der Waals surface area contributed by atoms with Crippen LogP contribution in [0.15, 0.2) is 48.6 Å². The molecule has 0 saturated carbocycles. The highest BCUT2D eigenvalue weighted by atomic mass is 16.5. The van der Waals surface area contributed by atoms with Crippen molar-refractivity contribution in [2.24, 2.45) is 0 Å². The van der Waals surface area contributed by atoms with Gasteiger partial charge in [-0.05, 0) is 44.9 Å². The van der Waals surface area contributed by atoms with E-state index in [2.05, 4.69) is 50.4 Å². The van der Waals surface area contributed by atoms with Crippen LogP contribution in [0.3, 0.4) is 0 Å². The average Bonchev–Trinajstić information content (AvgIpc) is 3.26. The number of carbonyl (C=O) groups is 2. The van der Waals surface area contributed by atoms with E-state index >= 15 is 0 Å². The van der Waals surface area contributed by atoms with E-state index in [0.717, 1.165) is 70.6 Å². The van der Waals surface area contributed by atoms with E-state index in [4.69, 9.17) is 4.74 Å². The first-order valence-electron chi connectivity index (χ1n) is 26.9. The zero-order valence-corrected chi connectivity index (χ0v) is 41.3. The van der Waals surface area contributed by atoms with Gasteiger partial charge in [-0.15, -0.1) is 0 Å². The van der Waals surface area contributed by atoms with Gasteiger partial charge in [0, 0.05) is 6.42 Å². The number of aliphatic hydroxyl groups excluding tert-OH is 2. The minimum Gasteiger partial charge on any atom is -0.462 e. The van der Waals surface area contributed by atoms with E-state index in [-0.39, 0.29) is 24.9 Å². The summed E-state index contributed by atoms with van der Waals surface area (Å²) in [7, 11) is 0. The Hall–Kier alpha value is -2.18. The summed E-state index contributed by atoms with van der Waals surface area (Å²) in [5, 5.41) is 23.7. The van der Waals surface area contributed by atoms with Crippen molar-refractivity contribution in [3.8, 4) is 0 Å². The van der Waals surface area contributed by atoms with Gasteiger partial charge in [0.05, 0.1) is 25.2 Å². The lowest BCUT2D eigenvalue weighted by molar-refractivity contribution is -0.151. The molecule has 0 saturated heterocycles. The first-order valence-corrected chi connectivity index (χ1v) is 26.9. The number of hydrogen-bond acceptors (Lipinski definition) is 5. The fraction of sp³-hybridized carbons (Fsp3) is 0.821. The SMILES string of the molecule is CC/C=C/C=C/C=C/C=C\CCCCCC(CC(=O)NC(CO)C(O)CCCCCCCCCCCCC)OC(=O)CCCCCCCCCCCCCCCCCCCCC. The Kier molecular flexibility index (Phi) is 48.1. The smallest absolute Gasteiger partial charge is 0.306 e. The molecule has 0 spiro atoms. The van der Waals surface area contributed by atoms with Crippen LogP contribution < -0.4 is 5.32 Å². The van der Waals surface area contributed by atoms with Crippen molar-refractivity contribution in [2.75, 3.05) is 6.61 Å². The van der Waals surface area contributed by atoms with Crippen molar-refractivity contribution in [3.05, 3.63) is 48.6 Å². The first kappa shape index (κ1) is 59.8. The number of carbonyl (C=O) groups excluding carboxylic acids is 2. The Morgan fingerprint density at radius 3 is 1.32 bits per heavy atom. The predicted molar refractivity (Wildman–Crippen MR) is 269 cm³/mol. The number of aliphatic hydroxyl groups is 2. The molecule has 62 heavy (non-hydrogen) atoms. The standard InChI is InChI=1S/C56H103NO5/c1-4-7-10-13-16-19-22-24-25-26-27-28-29-31-34-37-40-43-46-49-56(61)62-52(47-44-41-38-35-33-30-23-20-17-14-11-8-5-2)50-55(60)57-53(51-58)54(59)48-45-42-39-36-32-21-18-15-12-9-6-3/h8,11,14,17,20,23,30,33,52-54,58-59H,4-7,9-10,12-13,15-16,18-19,21-22,24-29,31-32,34-51H2,1-3H3,(H,57,60)/b11-8+,17-14+,23-20+,33-30-. The van der Waals surface area contributed by atoms with Crippen molar-refractivity contribution in [1.82, 2.24) is 5.32 Å². The molecule has 6 nitrogen and oxygen atoms in total. The van der Waals surface area contributed by atoms with Gasteiger partial charge in [0.2, 0.25) is 5.91 Å². The lowest BCUT2D eigenvalue weighted by Gasteiger charge is -2.24. The quantitative estimate of drug-likeness (QED) is 0.0322. The summed E-state index contributed by atoms with van der Waals surface area (Å²) in [4.78, 5) is 26.2. The van der Waals surface area contributed by atoms with E-state index in [1.165, 1.54) is 154 Å². The third kappa shape index (κ3) is 44.4. The summed E-state index contributed by atoms with van der Waals surface area (Å²) in [6, 6.07) is -0.712. The van der Waals surface area contributed by atoms with Gasteiger partial charge in [-0.25, -0.2) is 0 Å². The maximum absolute atomic E-state index is 13.2. The van der Waals surface area contributed by atoms with Gasteiger partial charge in [-0.3, -0.25) is 9.59 Å². The van der Waals surface area contributed by atoms with Crippen LogP contribution in [0.2, 0.25) is 0 Å². The van der Waals surface area contributed by atoms with Gasteiger partial charge in [-0.1, -0.05) is 262 Å². The summed E-state index contributed by atoms with van der Waals surface area (Å²) in [6.45, 7) is 6.34. The molecule has 1 amide bonds. The number of nitrogens with one attached hydrogen (secondary N) is 1. The predicted octanol–water partition coefficient (Wildman–Crippen LogP) is 16.2. The normalized spacial score (nSPS) is 13.6. The highest BCUT2D eigenvalue weighted by Gasteiger charge is 2.24.